The molecule has 0 atom stereocenters. The van der Waals surface area contributed by atoms with Crippen LogP contribution in [0.25, 0.3) is 10.9 Å². The van der Waals surface area contributed by atoms with Gasteiger partial charge in [-0.1, -0.05) is 56.4 Å². The van der Waals surface area contributed by atoms with Crippen molar-refractivity contribution in [3.05, 3.63) is 42.1 Å². The maximum Gasteiger partial charge on any atom is 0.310 e. The second kappa shape index (κ2) is 9.32. The van der Waals surface area contributed by atoms with E-state index >= 15 is 0 Å². The van der Waals surface area contributed by atoms with Crippen LogP contribution in [0.2, 0.25) is 0 Å². The van der Waals surface area contributed by atoms with Gasteiger partial charge in [0.25, 0.3) is 5.91 Å². The number of rotatable bonds is 5. The van der Waals surface area contributed by atoms with Gasteiger partial charge in [0.05, 0.1) is 11.9 Å². The zero-order valence-corrected chi connectivity index (χ0v) is 15.1. The average Bonchev–Trinajstić information content (AvgIpc) is 2.62. The molecule has 1 aliphatic rings. The third kappa shape index (κ3) is 5.28. The summed E-state index contributed by atoms with van der Waals surface area (Å²) in [5, 5.41) is 3.99. The molecule has 5 nitrogen and oxygen atoms in total. The molecule has 0 aliphatic heterocycles. The van der Waals surface area contributed by atoms with Gasteiger partial charge < -0.3 is 10.1 Å². The molecule has 2 aromatic rings. The molecule has 1 amide bonds. The number of carbonyl (C=O) groups excluding carboxylic acids is 2. The number of amides is 1. The van der Waals surface area contributed by atoms with E-state index in [1.165, 1.54) is 19.3 Å². The van der Waals surface area contributed by atoms with Gasteiger partial charge in [-0.05, 0) is 24.5 Å². The van der Waals surface area contributed by atoms with Gasteiger partial charge in [-0.15, -0.1) is 0 Å². The van der Waals surface area contributed by atoms with Gasteiger partial charge >= 0.3 is 5.97 Å². The van der Waals surface area contributed by atoms with Crippen molar-refractivity contribution in [3.8, 4) is 0 Å². The van der Waals surface area contributed by atoms with E-state index in [0.717, 1.165) is 42.1 Å². The second-order valence-electron chi connectivity index (χ2n) is 6.94. The molecule has 3 rings (SSSR count). The fourth-order valence-electron chi connectivity index (χ4n) is 3.53. The second-order valence-corrected chi connectivity index (χ2v) is 6.94. The SMILES string of the molecule is O=C(COC(=O)Cc1cccc2cccnc12)NC1CCCCCCC1. The molecule has 0 spiro atoms. The highest BCUT2D eigenvalue weighted by Crippen LogP contribution is 2.18. The maximum atomic E-state index is 12.1. The number of ether oxygens (including phenoxy) is 1. The molecule has 0 saturated heterocycles. The van der Waals surface area contributed by atoms with Crippen molar-refractivity contribution >= 4 is 22.8 Å². The number of para-hydroxylation sites is 1. The van der Waals surface area contributed by atoms with Crippen LogP contribution in [-0.2, 0) is 20.7 Å². The molecule has 26 heavy (non-hydrogen) atoms. The van der Waals surface area contributed by atoms with Gasteiger partial charge in [0.15, 0.2) is 6.61 Å². The van der Waals surface area contributed by atoms with Crippen molar-refractivity contribution in [2.45, 2.75) is 57.4 Å². The van der Waals surface area contributed by atoms with E-state index in [0.29, 0.717) is 0 Å². The lowest BCUT2D eigenvalue weighted by Gasteiger charge is -2.20. The lowest BCUT2D eigenvalue weighted by molar-refractivity contribution is -0.148. The molecule has 0 unspecified atom stereocenters. The Morgan fingerprint density at radius 2 is 1.77 bits per heavy atom. The van der Waals surface area contributed by atoms with Gasteiger partial charge in [-0.25, -0.2) is 0 Å². The fourth-order valence-corrected chi connectivity index (χ4v) is 3.53. The summed E-state index contributed by atoms with van der Waals surface area (Å²) in [4.78, 5) is 28.5. The molecular weight excluding hydrogens is 328 g/mol. The third-order valence-corrected chi connectivity index (χ3v) is 4.89. The highest BCUT2D eigenvalue weighted by molar-refractivity contribution is 5.86. The Hall–Kier alpha value is -2.43. The molecule has 1 aromatic heterocycles. The van der Waals surface area contributed by atoms with Crippen LogP contribution < -0.4 is 5.32 Å². The van der Waals surface area contributed by atoms with Crippen LogP contribution in [0.15, 0.2) is 36.5 Å². The summed E-state index contributed by atoms with van der Waals surface area (Å²) in [7, 11) is 0. The summed E-state index contributed by atoms with van der Waals surface area (Å²) in [5.74, 6) is -0.615. The van der Waals surface area contributed by atoms with E-state index in [4.69, 9.17) is 4.74 Å². The standard InChI is InChI=1S/C21H26N2O3/c24-19(23-18-11-4-2-1-3-5-12-18)15-26-20(25)14-17-9-6-8-16-10-7-13-22-21(16)17/h6-10,13,18H,1-5,11-12,14-15H2,(H,23,24). The summed E-state index contributed by atoms with van der Waals surface area (Å²) in [6.45, 7) is -0.215. The van der Waals surface area contributed by atoms with E-state index in [2.05, 4.69) is 10.3 Å². The summed E-state index contributed by atoms with van der Waals surface area (Å²) >= 11 is 0. The average molecular weight is 354 g/mol. The van der Waals surface area contributed by atoms with Crippen molar-refractivity contribution in [1.82, 2.24) is 10.3 Å². The van der Waals surface area contributed by atoms with Crippen LogP contribution in [0.3, 0.4) is 0 Å². The van der Waals surface area contributed by atoms with Crippen LogP contribution in [0.1, 0.15) is 50.5 Å². The maximum absolute atomic E-state index is 12.1. The van der Waals surface area contributed by atoms with Crippen molar-refractivity contribution in [3.63, 3.8) is 0 Å². The monoisotopic (exact) mass is 354 g/mol. The number of nitrogens with one attached hydrogen (secondary N) is 1. The van der Waals surface area contributed by atoms with Crippen molar-refractivity contribution in [2.75, 3.05) is 6.61 Å². The van der Waals surface area contributed by atoms with Gasteiger partial charge in [0.2, 0.25) is 0 Å². The van der Waals surface area contributed by atoms with Crippen molar-refractivity contribution in [2.24, 2.45) is 0 Å². The van der Waals surface area contributed by atoms with Crippen LogP contribution >= 0.6 is 0 Å². The number of esters is 1. The molecule has 1 fully saturated rings. The molecule has 1 N–H and O–H groups in total. The zero-order chi connectivity index (χ0) is 18.2. The Balaban J connectivity index is 1.48. The van der Waals surface area contributed by atoms with E-state index in [9.17, 15) is 9.59 Å². The Labute approximate surface area is 154 Å². The Bertz CT molecular complexity index is 747. The summed E-state index contributed by atoms with van der Waals surface area (Å²) < 4.78 is 5.18. The quantitative estimate of drug-likeness (QED) is 0.834. The molecule has 0 bridgehead atoms. The predicted octanol–water partition coefficient (Wildman–Crippen LogP) is 3.55. The first-order valence-electron chi connectivity index (χ1n) is 9.50. The van der Waals surface area contributed by atoms with E-state index in [-0.39, 0.29) is 25.0 Å². The third-order valence-electron chi connectivity index (χ3n) is 4.89. The smallest absolute Gasteiger partial charge is 0.310 e. The predicted molar refractivity (Wildman–Crippen MR) is 101 cm³/mol. The van der Waals surface area contributed by atoms with Crippen LogP contribution in [0.5, 0.6) is 0 Å². The lowest BCUT2D eigenvalue weighted by Crippen LogP contribution is -2.38. The summed E-state index contributed by atoms with van der Waals surface area (Å²) in [5.41, 5.74) is 1.61. The molecule has 1 aromatic carbocycles. The number of carbonyl (C=O) groups is 2. The number of fused-ring (bicyclic) bond motifs is 1. The number of pyridine rings is 1. The number of hydrogen-bond acceptors (Lipinski definition) is 4. The highest BCUT2D eigenvalue weighted by Gasteiger charge is 2.16. The van der Waals surface area contributed by atoms with E-state index < -0.39 is 5.97 Å². The zero-order valence-electron chi connectivity index (χ0n) is 15.1. The first kappa shape index (κ1) is 18.4. The summed E-state index contributed by atoms with van der Waals surface area (Å²) in [6.07, 6.45) is 9.92. The molecule has 1 aliphatic carbocycles. The van der Waals surface area contributed by atoms with Crippen molar-refractivity contribution < 1.29 is 14.3 Å². The first-order valence-corrected chi connectivity index (χ1v) is 9.50. The fraction of sp³-hybridized carbons (Fsp3) is 0.476. The minimum absolute atomic E-state index is 0.116. The molecule has 138 valence electrons. The Morgan fingerprint density at radius 1 is 1.04 bits per heavy atom. The largest absolute Gasteiger partial charge is 0.455 e. The van der Waals surface area contributed by atoms with Gasteiger partial charge in [-0.2, -0.15) is 0 Å². The summed E-state index contributed by atoms with van der Waals surface area (Å²) in [6, 6.07) is 9.76. The van der Waals surface area contributed by atoms with Crippen LogP contribution in [0, 0.1) is 0 Å². The molecule has 1 saturated carbocycles. The molecule has 1 heterocycles. The van der Waals surface area contributed by atoms with E-state index in [1.54, 1.807) is 6.20 Å². The van der Waals surface area contributed by atoms with Gasteiger partial charge in [-0.3, -0.25) is 14.6 Å². The number of hydrogen-bond donors (Lipinski definition) is 1. The van der Waals surface area contributed by atoms with Crippen LogP contribution in [-0.4, -0.2) is 29.5 Å². The molecule has 5 heteroatoms. The van der Waals surface area contributed by atoms with Gasteiger partial charge in [0.1, 0.15) is 0 Å². The minimum atomic E-state index is -0.407. The molecule has 0 radical (unpaired) electrons. The number of benzene rings is 1. The first-order chi connectivity index (χ1) is 12.7. The van der Waals surface area contributed by atoms with Crippen LogP contribution in [0.4, 0.5) is 0 Å². The minimum Gasteiger partial charge on any atom is -0.455 e. The number of nitrogens with zero attached hydrogens (tertiary/aromatic N) is 1. The number of aromatic nitrogens is 1. The lowest BCUT2D eigenvalue weighted by atomic mass is 9.97. The Morgan fingerprint density at radius 3 is 2.58 bits per heavy atom. The molecular formula is C21H26N2O3. The normalized spacial score (nSPS) is 15.8. The van der Waals surface area contributed by atoms with E-state index in [1.807, 2.05) is 30.3 Å². The topological polar surface area (TPSA) is 68.3 Å². The van der Waals surface area contributed by atoms with Crippen molar-refractivity contribution in [1.29, 1.82) is 0 Å². The Kier molecular flexibility index (Phi) is 6.58. The van der Waals surface area contributed by atoms with Gasteiger partial charge in [0, 0.05) is 17.6 Å². The highest BCUT2D eigenvalue weighted by atomic mass is 16.5.